The van der Waals surface area contributed by atoms with Crippen LogP contribution in [-0.2, 0) is 0 Å². The fraction of sp³-hybridized carbons (Fsp3) is 0.625. The Morgan fingerprint density at radius 1 is 1.20 bits per heavy atom. The number of thioether (sulfide) groups is 1. The van der Waals surface area contributed by atoms with E-state index in [1.807, 2.05) is 0 Å². The van der Waals surface area contributed by atoms with E-state index in [4.69, 9.17) is 5.41 Å². The van der Waals surface area contributed by atoms with Gasteiger partial charge in [-0.2, -0.15) is 4.90 Å². The molecule has 4 amide bonds. The van der Waals surface area contributed by atoms with E-state index in [1.54, 1.807) is 20.1 Å². The Balaban J connectivity index is 4.64. The van der Waals surface area contributed by atoms with Crippen LogP contribution >= 0.6 is 11.8 Å². The predicted molar refractivity (Wildman–Crippen MR) is 61.2 cm³/mol. The van der Waals surface area contributed by atoms with Crippen LogP contribution in [0.5, 0.6) is 0 Å². The van der Waals surface area contributed by atoms with Crippen LogP contribution in [0.2, 0.25) is 0 Å². The summed E-state index contributed by atoms with van der Waals surface area (Å²) in [7, 11) is 0. The molecule has 86 valence electrons. The van der Waals surface area contributed by atoms with E-state index in [1.165, 1.54) is 0 Å². The number of carbonyl (C=O) groups is 2. The number of amides is 4. The first kappa shape index (κ1) is 13.8. The van der Waals surface area contributed by atoms with Crippen molar-refractivity contribution in [3.63, 3.8) is 0 Å². The molecule has 3 N–H and O–H groups in total. The minimum atomic E-state index is -0.581. The van der Waals surface area contributed by atoms with Gasteiger partial charge < -0.3 is 10.6 Å². The zero-order valence-electron chi connectivity index (χ0n) is 9.09. The van der Waals surface area contributed by atoms with Crippen molar-refractivity contribution in [1.29, 1.82) is 5.41 Å². The highest BCUT2D eigenvalue weighted by atomic mass is 32.2. The van der Waals surface area contributed by atoms with E-state index < -0.39 is 12.1 Å². The summed E-state index contributed by atoms with van der Waals surface area (Å²) < 4.78 is 0. The molecule has 0 aliphatic carbocycles. The van der Waals surface area contributed by atoms with Crippen LogP contribution in [-0.4, -0.2) is 41.5 Å². The molecule has 7 heteroatoms. The molecule has 0 aliphatic heterocycles. The van der Waals surface area contributed by atoms with Gasteiger partial charge in [-0.05, 0) is 20.1 Å². The van der Waals surface area contributed by atoms with Gasteiger partial charge in [-0.25, -0.2) is 9.59 Å². The summed E-state index contributed by atoms with van der Waals surface area (Å²) in [5.74, 6) is 0. The molecule has 0 atom stereocenters. The number of nitrogens with one attached hydrogen (secondary N) is 3. The van der Waals surface area contributed by atoms with E-state index in [-0.39, 0.29) is 5.17 Å². The first-order chi connectivity index (χ1) is 7.08. The van der Waals surface area contributed by atoms with E-state index in [9.17, 15) is 9.59 Å². The van der Waals surface area contributed by atoms with Crippen molar-refractivity contribution >= 4 is 29.0 Å². The Morgan fingerprint density at radius 3 is 1.87 bits per heavy atom. The Morgan fingerprint density at radius 2 is 1.60 bits per heavy atom. The molecule has 0 unspecified atom stereocenters. The fourth-order valence-electron chi connectivity index (χ4n) is 0.829. The quantitative estimate of drug-likeness (QED) is 0.491. The summed E-state index contributed by atoms with van der Waals surface area (Å²) in [4.78, 5) is 23.7. The average Bonchev–Trinajstić information content (AvgIpc) is 2.18. The van der Waals surface area contributed by atoms with Crippen LogP contribution in [0.3, 0.4) is 0 Å². The molecule has 0 aromatic carbocycles. The molecule has 0 saturated heterocycles. The third-order valence-corrected chi connectivity index (χ3v) is 2.03. The van der Waals surface area contributed by atoms with Crippen LogP contribution in [0.15, 0.2) is 0 Å². The van der Waals surface area contributed by atoms with Gasteiger partial charge in [0.05, 0.1) is 0 Å². The summed E-state index contributed by atoms with van der Waals surface area (Å²) in [6.45, 7) is 4.32. The van der Waals surface area contributed by atoms with Gasteiger partial charge in [0.25, 0.3) is 0 Å². The van der Waals surface area contributed by atoms with Crippen molar-refractivity contribution in [3.8, 4) is 0 Å². The van der Waals surface area contributed by atoms with Crippen LogP contribution in [0.25, 0.3) is 0 Å². The van der Waals surface area contributed by atoms with E-state index in [2.05, 4.69) is 10.6 Å². The van der Waals surface area contributed by atoms with E-state index in [0.29, 0.717) is 13.1 Å². The minimum Gasteiger partial charge on any atom is -0.337 e. The molecular weight excluding hydrogens is 216 g/mol. The fourth-order valence-corrected chi connectivity index (χ4v) is 1.18. The van der Waals surface area contributed by atoms with Gasteiger partial charge in [0.2, 0.25) is 0 Å². The smallest absolute Gasteiger partial charge is 0.331 e. The third kappa shape index (κ3) is 4.20. The monoisotopic (exact) mass is 232 g/mol. The normalized spacial score (nSPS) is 9.27. The van der Waals surface area contributed by atoms with E-state index in [0.717, 1.165) is 16.7 Å². The highest BCUT2D eigenvalue weighted by molar-refractivity contribution is 8.13. The number of imide groups is 1. The van der Waals surface area contributed by atoms with Crippen molar-refractivity contribution in [2.24, 2.45) is 0 Å². The second-order valence-corrected chi connectivity index (χ2v) is 3.31. The molecule has 0 aromatic heterocycles. The maximum Gasteiger partial charge on any atom is 0.331 e. The predicted octanol–water partition coefficient (Wildman–Crippen LogP) is 1.05. The molecule has 0 rings (SSSR count). The molecule has 0 fully saturated rings. The topological polar surface area (TPSA) is 85.3 Å². The van der Waals surface area contributed by atoms with Crippen molar-refractivity contribution in [1.82, 2.24) is 15.5 Å². The summed E-state index contributed by atoms with van der Waals surface area (Å²) in [6, 6.07) is -1.16. The lowest BCUT2D eigenvalue weighted by atomic mass is 10.6. The number of nitrogens with zero attached hydrogens (tertiary/aromatic N) is 1. The summed E-state index contributed by atoms with van der Waals surface area (Å²) >= 11 is 1.03. The number of amidine groups is 1. The SMILES string of the molecule is CCNC(=O)N(C(=N)SC)C(=O)NCC. The van der Waals surface area contributed by atoms with Gasteiger partial charge in [-0.1, -0.05) is 11.8 Å². The van der Waals surface area contributed by atoms with E-state index >= 15 is 0 Å². The van der Waals surface area contributed by atoms with Gasteiger partial charge in [-0.3, -0.25) is 5.41 Å². The van der Waals surface area contributed by atoms with Gasteiger partial charge in [0.15, 0.2) is 5.17 Å². The number of rotatable bonds is 2. The lowest BCUT2D eigenvalue weighted by molar-refractivity contribution is 0.206. The van der Waals surface area contributed by atoms with Crippen molar-refractivity contribution < 1.29 is 9.59 Å². The van der Waals surface area contributed by atoms with Gasteiger partial charge >= 0.3 is 12.1 Å². The van der Waals surface area contributed by atoms with Gasteiger partial charge in [0.1, 0.15) is 0 Å². The Labute approximate surface area is 93.3 Å². The van der Waals surface area contributed by atoms with Gasteiger partial charge in [0, 0.05) is 13.1 Å². The van der Waals surface area contributed by atoms with Crippen LogP contribution in [0, 0.1) is 5.41 Å². The van der Waals surface area contributed by atoms with Crippen molar-refractivity contribution in [2.45, 2.75) is 13.8 Å². The third-order valence-electron chi connectivity index (χ3n) is 1.46. The van der Waals surface area contributed by atoms with Crippen LogP contribution in [0.4, 0.5) is 9.59 Å². The second kappa shape index (κ2) is 7.10. The molecular formula is C8H16N4O2S. The van der Waals surface area contributed by atoms with Crippen molar-refractivity contribution in [2.75, 3.05) is 19.3 Å². The molecule has 0 bridgehead atoms. The lowest BCUT2D eigenvalue weighted by Crippen LogP contribution is -2.50. The number of hydrogen-bond donors (Lipinski definition) is 3. The van der Waals surface area contributed by atoms with Crippen molar-refractivity contribution in [3.05, 3.63) is 0 Å². The summed E-state index contributed by atoms with van der Waals surface area (Å²) in [5, 5.41) is 12.3. The summed E-state index contributed by atoms with van der Waals surface area (Å²) in [5.41, 5.74) is 0. The molecule has 0 aromatic rings. The largest absolute Gasteiger partial charge is 0.337 e. The molecule has 0 spiro atoms. The van der Waals surface area contributed by atoms with Crippen LogP contribution in [0.1, 0.15) is 13.8 Å². The molecule has 6 nitrogen and oxygen atoms in total. The summed E-state index contributed by atoms with van der Waals surface area (Å²) in [6.07, 6.45) is 1.63. The molecule has 0 aliphatic rings. The molecule has 0 heterocycles. The molecule has 15 heavy (non-hydrogen) atoms. The molecule has 0 saturated carbocycles. The lowest BCUT2D eigenvalue weighted by Gasteiger charge is -2.19. The Kier molecular flexibility index (Phi) is 6.52. The number of urea groups is 2. The highest BCUT2D eigenvalue weighted by Gasteiger charge is 2.24. The van der Waals surface area contributed by atoms with Crippen LogP contribution < -0.4 is 10.6 Å². The molecule has 0 radical (unpaired) electrons. The van der Waals surface area contributed by atoms with Gasteiger partial charge in [-0.15, -0.1) is 0 Å². The first-order valence-electron chi connectivity index (χ1n) is 4.56. The minimum absolute atomic E-state index is 0.105. The number of hydrogen-bond acceptors (Lipinski definition) is 4. The Hall–Kier alpha value is -1.24. The number of carbonyl (C=O) groups excluding carboxylic acids is 2. The Bertz CT molecular complexity index is 239. The first-order valence-corrected chi connectivity index (χ1v) is 5.79. The maximum atomic E-state index is 11.5. The zero-order valence-corrected chi connectivity index (χ0v) is 9.90. The zero-order chi connectivity index (χ0) is 11.8. The second-order valence-electron chi connectivity index (χ2n) is 2.52. The highest BCUT2D eigenvalue weighted by Crippen LogP contribution is 2.03. The maximum absolute atomic E-state index is 11.5. The average molecular weight is 232 g/mol. The standard InChI is InChI=1S/C8H16N4O2S/c1-4-10-7(13)12(6(9)15-3)8(14)11-5-2/h9H,4-5H2,1-3H3,(H,10,13)(H,11,14).